The van der Waals surface area contributed by atoms with Gasteiger partial charge in [0.05, 0.1) is 4.90 Å². The van der Waals surface area contributed by atoms with E-state index < -0.39 is 10.0 Å². The first-order valence-electron chi connectivity index (χ1n) is 8.65. The third-order valence-corrected chi connectivity index (χ3v) is 7.53. The van der Waals surface area contributed by atoms with Crippen molar-refractivity contribution in [3.8, 4) is 0 Å². The lowest BCUT2D eigenvalue weighted by Crippen LogP contribution is -2.35. The van der Waals surface area contributed by atoms with Crippen molar-refractivity contribution in [3.63, 3.8) is 0 Å². The standard InChI is InChI=1S/C20H17BrN2O3S2/c21-16-4-6-18(7-5-16)28(25,26)22-17-3-1-2-14(12-17)20(24)23-10-8-19-15(13-23)9-11-27-19/h1-7,9,11-12,22H,8,10,13H2. The molecule has 144 valence electrons. The van der Waals surface area contributed by atoms with Crippen LogP contribution >= 0.6 is 27.3 Å². The summed E-state index contributed by atoms with van der Waals surface area (Å²) >= 11 is 5.02. The normalized spacial score (nSPS) is 13.8. The van der Waals surface area contributed by atoms with Crippen molar-refractivity contribution in [2.45, 2.75) is 17.9 Å². The maximum atomic E-state index is 12.9. The van der Waals surface area contributed by atoms with Gasteiger partial charge in [0.2, 0.25) is 0 Å². The Balaban J connectivity index is 1.53. The first-order chi connectivity index (χ1) is 13.4. The summed E-state index contributed by atoms with van der Waals surface area (Å²) in [6.07, 6.45) is 0.856. The number of carbonyl (C=O) groups is 1. The highest BCUT2D eigenvalue weighted by atomic mass is 79.9. The summed E-state index contributed by atoms with van der Waals surface area (Å²) in [5.41, 5.74) is 2.02. The summed E-state index contributed by atoms with van der Waals surface area (Å²) in [5.74, 6) is -0.0958. The molecule has 3 aromatic rings. The number of amides is 1. The number of sulfonamides is 1. The van der Waals surface area contributed by atoms with E-state index in [0.29, 0.717) is 24.3 Å². The number of nitrogens with one attached hydrogen (secondary N) is 1. The number of hydrogen-bond acceptors (Lipinski definition) is 4. The van der Waals surface area contributed by atoms with Gasteiger partial charge < -0.3 is 4.90 Å². The molecule has 1 aromatic heterocycles. The van der Waals surface area contributed by atoms with Crippen LogP contribution in [0.5, 0.6) is 0 Å². The number of anilines is 1. The van der Waals surface area contributed by atoms with Crippen LogP contribution in [0.1, 0.15) is 20.8 Å². The molecule has 1 N–H and O–H groups in total. The Bertz CT molecular complexity index is 1120. The van der Waals surface area contributed by atoms with E-state index >= 15 is 0 Å². The van der Waals surface area contributed by atoms with Gasteiger partial charge in [-0.05, 0) is 65.9 Å². The number of carbonyl (C=O) groups excluding carboxylic acids is 1. The summed E-state index contributed by atoms with van der Waals surface area (Å²) in [6, 6.07) is 15.1. The maximum Gasteiger partial charge on any atom is 0.261 e. The molecule has 0 unspecified atom stereocenters. The van der Waals surface area contributed by atoms with Crippen LogP contribution in [-0.4, -0.2) is 25.8 Å². The first-order valence-corrected chi connectivity index (χ1v) is 11.8. The zero-order chi connectivity index (χ0) is 19.7. The van der Waals surface area contributed by atoms with Crippen molar-refractivity contribution in [2.75, 3.05) is 11.3 Å². The zero-order valence-corrected chi connectivity index (χ0v) is 18.0. The summed E-state index contributed by atoms with van der Waals surface area (Å²) in [5, 5.41) is 2.05. The third kappa shape index (κ3) is 3.99. The van der Waals surface area contributed by atoms with E-state index in [1.807, 2.05) is 0 Å². The summed E-state index contributed by atoms with van der Waals surface area (Å²) in [7, 11) is -3.72. The Morgan fingerprint density at radius 2 is 1.89 bits per heavy atom. The average Bonchev–Trinajstić information content (AvgIpc) is 3.15. The predicted molar refractivity (Wildman–Crippen MR) is 114 cm³/mol. The molecular weight excluding hydrogens is 460 g/mol. The molecule has 28 heavy (non-hydrogen) atoms. The van der Waals surface area contributed by atoms with Gasteiger partial charge in [-0.2, -0.15) is 0 Å². The van der Waals surface area contributed by atoms with Crippen LogP contribution in [0.25, 0.3) is 0 Å². The molecule has 0 saturated heterocycles. The number of thiophene rings is 1. The molecule has 5 nitrogen and oxygen atoms in total. The average molecular weight is 477 g/mol. The molecule has 8 heteroatoms. The molecular formula is C20H17BrN2O3S2. The molecule has 0 aliphatic carbocycles. The lowest BCUT2D eigenvalue weighted by Gasteiger charge is -2.27. The van der Waals surface area contributed by atoms with E-state index in [1.165, 1.54) is 22.6 Å². The van der Waals surface area contributed by atoms with Gasteiger partial charge in [0, 0.05) is 33.7 Å². The van der Waals surface area contributed by atoms with Gasteiger partial charge in [0.1, 0.15) is 0 Å². The van der Waals surface area contributed by atoms with Gasteiger partial charge >= 0.3 is 0 Å². The minimum absolute atomic E-state index is 0.0958. The van der Waals surface area contributed by atoms with Crippen molar-refractivity contribution in [3.05, 3.63) is 80.5 Å². The first kappa shape index (κ1) is 19.2. The smallest absolute Gasteiger partial charge is 0.261 e. The molecule has 1 amide bonds. The largest absolute Gasteiger partial charge is 0.334 e. The Hall–Kier alpha value is -2.16. The SMILES string of the molecule is O=C(c1cccc(NS(=O)(=O)c2ccc(Br)cc2)c1)N1CCc2sccc2C1. The van der Waals surface area contributed by atoms with E-state index in [9.17, 15) is 13.2 Å². The molecule has 4 rings (SSSR count). The van der Waals surface area contributed by atoms with Crippen LogP contribution < -0.4 is 4.72 Å². The van der Waals surface area contributed by atoms with Crippen LogP contribution in [0, 0.1) is 0 Å². The molecule has 2 aromatic carbocycles. The molecule has 0 atom stereocenters. The van der Waals surface area contributed by atoms with Crippen molar-refractivity contribution in [2.24, 2.45) is 0 Å². The fourth-order valence-corrected chi connectivity index (χ4v) is 5.35. The van der Waals surface area contributed by atoms with Gasteiger partial charge in [-0.3, -0.25) is 9.52 Å². The second-order valence-electron chi connectivity index (χ2n) is 6.49. The number of rotatable bonds is 4. The number of nitrogens with zero attached hydrogens (tertiary/aromatic N) is 1. The number of hydrogen-bond donors (Lipinski definition) is 1. The number of halogens is 1. The highest BCUT2D eigenvalue weighted by Crippen LogP contribution is 2.26. The quantitative estimate of drug-likeness (QED) is 0.602. The summed E-state index contributed by atoms with van der Waals surface area (Å²) in [6.45, 7) is 1.26. The molecule has 0 saturated carbocycles. The van der Waals surface area contributed by atoms with Crippen molar-refractivity contribution in [1.82, 2.24) is 4.90 Å². The lowest BCUT2D eigenvalue weighted by atomic mass is 10.1. The van der Waals surface area contributed by atoms with Crippen LogP contribution in [0.2, 0.25) is 0 Å². The molecule has 2 heterocycles. The fraction of sp³-hybridized carbons (Fsp3) is 0.150. The van der Waals surface area contributed by atoms with Gasteiger partial charge in [-0.25, -0.2) is 8.42 Å². The summed E-state index contributed by atoms with van der Waals surface area (Å²) in [4.78, 5) is 16.2. The minimum Gasteiger partial charge on any atom is -0.334 e. The molecule has 0 bridgehead atoms. The Morgan fingerprint density at radius 1 is 1.11 bits per heavy atom. The van der Waals surface area contributed by atoms with Gasteiger partial charge in [0.25, 0.3) is 15.9 Å². The second-order valence-corrected chi connectivity index (χ2v) is 10.1. The van der Waals surface area contributed by atoms with Crippen molar-refractivity contribution < 1.29 is 13.2 Å². The monoisotopic (exact) mass is 476 g/mol. The van der Waals surface area contributed by atoms with Gasteiger partial charge in [-0.1, -0.05) is 22.0 Å². The maximum absolute atomic E-state index is 12.9. The van der Waals surface area contributed by atoms with Crippen molar-refractivity contribution >= 4 is 48.9 Å². The molecule has 1 aliphatic heterocycles. The Morgan fingerprint density at radius 3 is 2.68 bits per heavy atom. The third-order valence-electron chi connectivity index (χ3n) is 4.58. The summed E-state index contributed by atoms with van der Waals surface area (Å²) < 4.78 is 28.5. The molecule has 0 radical (unpaired) electrons. The molecule has 0 fully saturated rings. The Kier molecular flexibility index (Phi) is 5.27. The molecule has 1 aliphatic rings. The van der Waals surface area contributed by atoms with Crippen LogP contribution in [0.4, 0.5) is 5.69 Å². The second kappa shape index (κ2) is 7.69. The topological polar surface area (TPSA) is 66.5 Å². The van der Waals surface area contributed by atoms with Gasteiger partial charge in [-0.15, -0.1) is 11.3 Å². The predicted octanol–water partition coefficient (Wildman–Crippen LogP) is 4.51. The van der Waals surface area contributed by atoms with E-state index in [4.69, 9.17) is 0 Å². The zero-order valence-electron chi connectivity index (χ0n) is 14.8. The number of benzene rings is 2. The minimum atomic E-state index is -3.72. The Labute approximate surface area is 176 Å². The molecule has 0 spiro atoms. The van der Waals surface area contributed by atoms with Gasteiger partial charge in [0.15, 0.2) is 0 Å². The lowest BCUT2D eigenvalue weighted by molar-refractivity contribution is 0.0736. The van der Waals surface area contributed by atoms with E-state index in [2.05, 4.69) is 32.1 Å². The van der Waals surface area contributed by atoms with Crippen LogP contribution in [0.15, 0.2) is 69.3 Å². The van der Waals surface area contributed by atoms with Crippen LogP contribution in [-0.2, 0) is 23.0 Å². The van der Waals surface area contributed by atoms with Crippen molar-refractivity contribution in [1.29, 1.82) is 0 Å². The highest BCUT2D eigenvalue weighted by Gasteiger charge is 2.23. The number of fused-ring (bicyclic) bond motifs is 1. The van der Waals surface area contributed by atoms with E-state index in [0.717, 1.165) is 10.9 Å². The van der Waals surface area contributed by atoms with E-state index in [-0.39, 0.29) is 10.8 Å². The van der Waals surface area contributed by atoms with Crippen LogP contribution in [0.3, 0.4) is 0 Å². The fourth-order valence-electron chi connectivity index (χ4n) is 3.15. The van der Waals surface area contributed by atoms with E-state index in [1.54, 1.807) is 52.6 Å². The highest BCUT2D eigenvalue weighted by molar-refractivity contribution is 9.10.